The van der Waals surface area contributed by atoms with Crippen molar-refractivity contribution < 1.29 is 14.6 Å². The lowest BCUT2D eigenvalue weighted by molar-refractivity contribution is -0.145. The van der Waals surface area contributed by atoms with E-state index in [0.717, 1.165) is 6.42 Å². The first-order valence-electron chi connectivity index (χ1n) is 5.24. The van der Waals surface area contributed by atoms with Gasteiger partial charge >= 0.3 is 5.97 Å². The number of hydrogen-bond acceptors (Lipinski definition) is 3. The normalized spacial score (nSPS) is 32.0. The Bertz CT molecular complexity index is 208. The number of ether oxygens (including phenoxy) is 1. The zero-order valence-corrected chi connectivity index (χ0v) is 8.88. The summed E-state index contributed by atoms with van der Waals surface area (Å²) >= 11 is 0. The van der Waals surface area contributed by atoms with Crippen LogP contribution in [0.5, 0.6) is 0 Å². The van der Waals surface area contributed by atoms with Gasteiger partial charge in [0.15, 0.2) is 0 Å². The molecular weight excluding hydrogens is 182 g/mol. The molecule has 14 heavy (non-hydrogen) atoms. The molecule has 0 amide bonds. The third-order valence-electron chi connectivity index (χ3n) is 2.80. The summed E-state index contributed by atoms with van der Waals surface area (Å²) in [5, 5.41) is 12.2. The van der Waals surface area contributed by atoms with Crippen molar-refractivity contribution in [2.45, 2.75) is 44.8 Å². The van der Waals surface area contributed by atoms with Crippen LogP contribution in [-0.4, -0.2) is 35.9 Å². The average molecular weight is 201 g/mol. The Balaban J connectivity index is 2.59. The van der Waals surface area contributed by atoms with Gasteiger partial charge in [0.1, 0.15) is 5.54 Å². The molecule has 0 heterocycles. The highest BCUT2D eigenvalue weighted by Crippen LogP contribution is 2.32. The van der Waals surface area contributed by atoms with E-state index in [4.69, 9.17) is 9.84 Å². The molecule has 4 heteroatoms. The van der Waals surface area contributed by atoms with Crippen molar-refractivity contribution in [2.75, 3.05) is 13.2 Å². The van der Waals surface area contributed by atoms with Gasteiger partial charge in [-0.05, 0) is 26.3 Å². The van der Waals surface area contributed by atoms with Gasteiger partial charge in [0.25, 0.3) is 0 Å². The van der Waals surface area contributed by atoms with Gasteiger partial charge in [-0.15, -0.1) is 0 Å². The maximum Gasteiger partial charge on any atom is 0.323 e. The van der Waals surface area contributed by atoms with Crippen molar-refractivity contribution in [2.24, 2.45) is 0 Å². The number of likely N-dealkylation sites (N-methyl/N-ethyl adjacent to an activating group) is 1. The highest BCUT2D eigenvalue weighted by molar-refractivity contribution is 5.79. The summed E-state index contributed by atoms with van der Waals surface area (Å²) < 4.78 is 5.45. The summed E-state index contributed by atoms with van der Waals surface area (Å²) in [7, 11) is 0. The first-order chi connectivity index (χ1) is 6.64. The number of carboxylic acid groups (broad SMARTS) is 1. The molecule has 1 aliphatic rings. The van der Waals surface area contributed by atoms with Gasteiger partial charge in [0.05, 0.1) is 6.10 Å². The van der Waals surface area contributed by atoms with E-state index < -0.39 is 11.5 Å². The average Bonchev–Trinajstić information content (AvgIpc) is 2.51. The molecule has 82 valence electrons. The topological polar surface area (TPSA) is 58.6 Å². The van der Waals surface area contributed by atoms with Gasteiger partial charge in [-0.1, -0.05) is 6.92 Å². The molecule has 0 radical (unpaired) electrons. The van der Waals surface area contributed by atoms with Crippen LogP contribution in [0.4, 0.5) is 0 Å². The second-order valence-corrected chi connectivity index (χ2v) is 3.74. The van der Waals surface area contributed by atoms with Gasteiger partial charge in [0.2, 0.25) is 0 Å². The number of hydrogen-bond donors (Lipinski definition) is 2. The summed E-state index contributed by atoms with van der Waals surface area (Å²) in [6.07, 6.45) is 2.20. The fourth-order valence-corrected chi connectivity index (χ4v) is 2.15. The minimum atomic E-state index is -0.749. The summed E-state index contributed by atoms with van der Waals surface area (Å²) in [5.41, 5.74) is -0.741. The van der Waals surface area contributed by atoms with Crippen molar-refractivity contribution in [3.8, 4) is 0 Å². The first-order valence-corrected chi connectivity index (χ1v) is 5.24. The lowest BCUT2D eigenvalue weighted by Crippen LogP contribution is -2.50. The molecule has 2 atom stereocenters. The van der Waals surface area contributed by atoms with E-state index in [-0.39, 0.29) is 6.10 Å². The second-order valence-electron chi connectivity index (χ2n) is 3.74. The van der Waals surface area contributed by atoms with Crippen LogP contribution in [-0.2, 0) is 9.53 Å². The maximum absolute atomic E-state index is 11.1. The summed E-state index contributed by atoms with van der Waals surface area (Å²) in [5.74, 6) is -0.749. The smallest absolute Gasteiger partial charge is 0.323 e. The third kappa shape index (κ3) is 2.25. The van der Waals surface area contributed by atoms with E-state index in [1.165, 1.54) is 0 Å². The molecule has 1 fully saturated rings. The van der Waals surface area contributed by atoms with Gasteiger partial charge in [-0.3, -0.25) is 4.79 Å². The Hall–Kier alpha value is -0.610. The van der Waals surface area contributed by atoms with E-state index in [9.17, 15) is 4.79 Å². The molecule has 1 rings (SSSR count). The molecule has 0 aromatic carbocycles. The third-order valence-corrected chi connectivity index (χ3v) is 2.80. The number of nitrogens with one attached hydrogen (secondary N) is 1. The van der Waals surface area contributed by atoms with Crippen LogP contribution < -0.4 is 5.32 Å². The fourth-order valence-electron chi connectivity index (χ4n) is 2.15. The van der Waals surface area contributed by atoms with E-state index in [1.807, 2.05) is 13.8 Å². The van der Waals surface area contributed by atoms with Gasteiger partial charge in [-0.2, -0.15) is 0 Å². The van der Waals surface area contributed by atoms with Gasteiger partial charge < -0.3 is 15.2 Å². The van der Waals surface area contributed by atoms with Crippen molar-refractivity contribution in [1.82, 2.24) is 5.32 Å². The molecule has 0 saturated heterocycles. The number of carbonyl (C=O) groups is 1. The predicted molar refractivity (Wildman–Crippen MR) is 53.3 cm³/mol. The van der Waals surface area contributed by atoms with Gasteiger partial charge in [0, 0.05) is 13.0 Å². The molecule has 4 nitrogen and oxygen atoms in total. The molecule has 0 aromatic heterocycles. The molecule has 0 aliphatic heterocycles. The molecule has 2 unspecified atom stereocenters. The molecular formula is C10H19NO3. The van der Waals surface area contributed by atoms with Gasteiger partial charge in [-0.25, -0.2) is 0 Å². The van der Waals surface area contributed by atoms with Crippen molar-refractivity contribution >= 4 is 5.97 Å². The van der Waals surface area contributed by atoms with E-state index in [2.05, 4.69) is 5.32 Å². The minimum absolute atomic E-state index is 0.107. The van der Waals surface area contributed by atoms with Crippen LogP contribution in [0.3, 0.4) is 0 Å². The molecule has 0 bridgehead atoms. The Morgan fingerprint density at radius 1 is 1.64 bits per heavy atom. The summed E-state index contributed by atoms with van der Waals surface area (Å²) in [6.45, 7) is 5.21. The fraction of sp³-hybridized carbons (Fsp3) is 0.900. The van der Waals surface area contributed by atoms with E-state index in [0.29, 0.717) is 26.0 Å². The molecule has 0 aromatic rings. The first kappa shape index (κ1) is 11.5. The predicted octanol–water partition coefficient (Wildman–Crippen LogP) is 1.01. The van der Waals surface area contributed by atoms with Crippen molar-refractivity contribution in [3.63, 3.8) is 0 Å². The highest BCUT2D eigenvalue weighted by Gasteiger charge is 2.45. The Morgan fingerprint density at radius 2 is 2.36 bits per heavy atom. The Labute approximate surface area is 84.6 Å². The second kappa shape index (κ2) is 4.75. The summed E-state index contributed by atoms with van der Waals surface area (Å²) in [4.78, 5) is 11.1. The number of carboxylic acids is 1. The monoisotopic (exact) mass is 201 g/mol. The van der Waals surface area contributed by atoms with Crippen LogP contribution in [0.25, 0.3) is 0 Å². The Kier molecular flexibility index (Phi) is 3.89. The van der Waals surface area contributed by atoms with Crippen LogP contribution in [0.1, 0.15) is 33.1 Å². The maximum atomic E-state index is 11.1. The van der Waals surface area contributed by atoms with Crippen molar-refractivity contribution in [3.05, 3.63) is 0 Å². The summed E-state index contributed by atoms with van der Waals surface area (Å²) in [6, 6.07) is 0. The van der Waals surface area contributed by atoms with E-state index in [1.54, 1.807) is 0 Å². The highest BCUT2D eigenvalue weighted by atomic mass is 16.5. The zero-order chi connectivity index (χ0) is 10.6. The zero-order valence-electron chi connectivity index (χ0n) is 8.88. The van der Waals surface area contributed by atoms with Crippen LogP contribution in [0.15, 0.2) is 0 Å². The standard InChI is InChI=1S/C10H19NO3/c1-3-11-10(9(12)13)6-5-8(7-10)14-4-2/h8,11H,3-7H2,1-2H3,(H,12,13). The van der Waals surface area contributed by atoms with Crippen LogP contribution in [0, 0.1) is 0 Å². The minimum Gasteiger partial charge on any atom is -0.480 e. The van der Waals surface area contributed by atoms with Crippen molar-refractivity contribution in [1.29, 1.82) is 0 Å². The molecule has 0 spiro atoms. The lowest BCUT2D eigenvalue weighted by Gasteiger charge is -2.25. The molecule has 1 saturated carbocycles. The van der Waals surface area contributed by atoms with Crippen LogP contribution >= 0.6 is 0 Å². The quantitative estimate of drug-likeness (QED) is 0.697. The lowest BCUT2D eigenvalue weighted by atomic mass is 9.98. The Morgan fingerprint density at radius 3 is 2.86 bits per heavy atom. The number of rotatable bonds is 5. The molecule has 2 N–H and O–H groups in total. The van der Waals surface area contributed by atoms with E-state index >= 15 is 0 Å². The van der Waals surface area contributed by atoms with Crippen LogP contribution in [0.2, 0.25) is 0 Å². The molecule has 1 aliphatic carbocycles. The SMILES string of the molecule is CCNC1(C(=O)O)CCC(OCC)C1. The number of aliphatic carboxylic acids is 1. The largest absolute Gasteiger partial charge is 0.480 e.